The van der Waals surface area contributed by atoms with Crippen LogP contribution in [0.1, 0.15) is 21.1 Å². The highest BCUT2D eigenvalue weighted by atomic mass is 79.9. The van der Waals surface area contributed by atoms with Gasteiger partial charge in [0.1, 0.15) is 0 Å². The monoisotopic (exact) mass is 432 g/mol. The van der Waals surface area contributed by atoms with Crippen molar-refractivity contribution in [2.24, 2.45) is 0 Å². The molecule has 0 bridgehead atoms. The van der Waals surface area contributed by atoms with Gasteiger partial charge in [0, 0.05) is 14.3 Å². The predicted molar refractivity (Wildman–Crippen MR) is 88.0 cm³/mol. The zero-order valence-electron chi connectivity index (χ0n) is 10.8. The molecule has 0 aliphatic rings. The summed E-state index contributed by atoms with van der Waals surface area (Å²) < 4.78 is 1.11. The SMILES string of the molecule is Cc1nc(CC(=O)Nc2c(Br)cc(Br)cc2C(=O)O)cs1. The van der Waals surface area contributed by atoms with Crippen molar-refractivity contribution < 1.29 is 14.7 Å². The van der Waals surface area contributed by atoms with E-state index in [2.05, 4.69) is 42.2 Å². The van der Waals surface area contributed by atoms with Crippen LogP contribution in [0.5, 0.6) is 0 Å². The summed E-state index contributed by atoms with van der Waals surface area (Å²) in [5, 5.41) is 14.5. The van der Waals surface area contributed by atoms with E-state index in [1.165, 1.54) is 17.4 Å². The van der Waals surface area contributed by atoms with Gasteiger partial charge in [0.25, 0.3) is 0 Å². The summed E-state index contributed by atoms with van der Waals surface area (Å²) in [6.45, 7) is 1.86. The molecule has 0 aliphatic carbocycles. The fourth-order valence-electron chi connectivity index (χ4n) is 1.71. The van der Waals surface area contributed by atoms with Crippen LogP contribution in [0.15, 0.2) is 26.5 Å². The fraction of sp³-hybridized carbons (Fsp3) is 0.154. The molecule has 1 aromatic heterocycles. The lowest BCUT2D eigenvalue weighted by atomic mass is 10.1. The second kappa shape index (κ2) is 6.67. The highest BCUT2D eigenvalue weighted by Gasteiger charge is 2.17. The summed E-state index contributed by atoms with van der Waals surface area (Å²) in [5.74, 6) is -1.43. The molecule has 1 amide bonds. The number of anilines is 1. The van der Waals surface area contributed by atoms with E-state index in [-0.39, 0.29) is 23.6 Å². The van der Waals surface area contributed by atoms with Crippen LogP contribution >= 0.6 is 43.2 Å². The quantitative estimate of drug-likeness (QED) is 0.767. The van der Waals surface area contributed by atoms with Crippen LogP contribution in [-0.4, -0.2) is 22.0 Å². The van der Waals surface area contributed by atoms with E-state index in [1.54, 1.807) is 6.07 Å². The smallest absolute Gasteiger partial charge is 0.337 e. The molecule has 2 N–H and O–H groups in total. The first-order chi connectivity index (χ1) is 9.86. The molecule has 0 fully saturated rings. The van der Waals surface area contributed by atoms with E-state index < -0.39 is 5.97 Å². The molecule has 0 atom stereocenters. The lowest BCUT2D eigenvalue weighted by Gasteiger charge is -2.11. The van der Waals surface area contributed by atoms with Gasteiger partial charge >= 0.3 is 5.97 Å². The number of rotatable bonds is 4. The first-order valence-corrected chi connectivity index (χ1v) is 8.26. The van der Waals surface area contributed by atoms with Crippen LogP contribution in [0.2, 0.25) is 0 Å². The Morgan fingerprint density at radius 1 is 1.38 bits per heavy atom. The topological polar surface area (TPSA) is 79.3 Å². The molecule has 2 aromatic rings. The summed E-state index contributed by atoms with van der Waals surface area (Å²) in [6.07, 6.45) is 0.103. The van der Waals surface area contributed by atoms with Crippen molar-refractivity contribution in [3.63, 3.8) is 0 Å². The van der Waals surface area contributed by atoms with Gasteiger partial charge in [-0.15, -0.1) is 11.3 Å². The van der Waals surface area contributed by atoms with Crippen molar-refractivity contribution in [1.82, 2.24) is 4.98 Å². The van der Waals surface area contributed by atoms with Crippen LogP contribution < -0.4 is 5.32 Å². The van der Waals surface area contributed by atoms with Crippen molar-refractivity contribution in [3.8, 4) is 0 Å². The van der Waals surface area contributed by atoms with E-state index in [9.17, 15) is 14.7 Å². The number of thiazole rings is 1. The van der Waals surface area contributed by atoms with Crippen molar-refractivity contribution in [3.05, 3.63) is 42.7 Å². The van der Waals surface area contributed by atoms with E-state index in [0.717, 1.165) is 5.01 Å². The number of carbonyl (C=O) groups is 2. The second-order valence-electron chi connectivity index (χ2n) is 4.20. The van der Waals surface area contributed by atoms with Gasteiger partial charge in [0.05, 0.1) is 28.4 Å². The maximum atomic E-state index is 12.0. The van der Waals surface area contributed by atoms with Gasteiger partial charge in [0.15, 0.2) is 0 Å². The lowest BCUT2D eigenvalue weighted by Crippen LogP contribution is -2.17. The third-order valence-electron chi connectivity index (χ3n) is 2.56. The van der Waals surface area contributed by atoms with Gasteiger partial charge < -0.3 is 10.4 Å². The number of aryl methyl sites for hydroxylation is 1. The molecule has 21 heavy (non-hydrogen) atoms. The number of hydrogen-bond acceptors (Lipinski definition) is 4. The number of amides is 1. The molecule has 0 unspecified atom stereocenters. The Kier molecular flexibility index (Phi) is 5.13. The van der Waals surface area contributed by atoms with E-state index >= 15 is 0 Å². The molecule has 0 saturated carbocycles. The fourth-order valence-corrected chi connectivity index (χ4v) is 3.64. The van der Waals surface area contributed by atoms with E-state index in [4.69, 9.17) is 0 Å². The van der Waals surface area contributed by atoms with Gasteiger partial charge in [0.2, 0.25) is 5.91 Å². The molecule has 110 valence electrons. The van der Waals surface area contributed by atoms with Gasteiger partial charge in [-0.3, -0.25) is 4.79 Å². The molecule has 8 heteroatoms. The average molecular weight is 434 g/mol. The van der Waals surface area contributed by atoms with Gasteiger partial charge in [-0.1, -0.05) is 15.9 Å². The van der Waals surface area contributed by atoms with Crippen LogP contribution in [-0.2, 0) is 11.2 Å². The third-order valence-corrected chi connectivity index (χ3v) is 4.46. The van der Waals surface area contributed by atoms with E-state index in [1.807, 2.05) is 12.3 Å². The van der Waals surface area contributed by atoms with Crippen LogP contribution in [0, 0.1) is 6.92 Å². The molecule has 2 rings (SSSR count). The predicted octanol–water partition coefficient (Wildman–Crippen LogP) is 3.86. The number of aromatic nitrogens is 1. The molecule has 5 nitrogen and oxygen atoms in total. The molecule has 0 saturated heterocycles. The highest BCUT2D eigenvalue weighted by molar-refractivity contribution is 9.11. The molecular weight excluding hydrogens is 424 g/mol. The molecule has 0 spiro atoms. The Balaban J connectivity index is 2.22. The van der Waals surface area contributed by atoms with E-state index in [0.29, 0.717) is 14.6 Å². The van der Waals surface area contributed by atoms with Gasteiger partial charge in [-0.2, -0.15) is 0 Å². The Morgan fingerprint density at radius 3 is 2.67 bits per heavy atom. The number of halogens is 2. The van der Waals surface area contributed by atoms with Crippen molar-refractivity contribution in [2.75, 3.05) is 5.32 Å². The molecule has 1 heterocycles. The molecule has 0 radical (unpaired) electrons. The number of hydrogen-bond donors (Lipinski definition) is 2. The summed E-state index contributed by atoms with van der Waals surface area (Å²) in [4.78, 5) is 27.5. The normalized spacial score (nSPS) is 10.4. The van der Waals surface area contributed by atoms with Crippen LogP contribution in [0.4, 0.5) is 5.69 Å². The number of carbonyl (C=O) groups excluding carboxylic acids is 1. The number of benzene rings is 1. The average Bonchev–Trinajstić information content (AvgIpc) is 2.77. The molecule has 1 aromatic carbocycles. The Morgan fingerprint density at radius 2 is 2.10 bits per heavy atom. The van der Waals surface area contributed by atoms with Crippen LogP contribution in [0.3, 0.4) is 0 Å². The summed E-state index contributed by atoms with van der Waals surface area (Å²) in [5.41, 5.74) is 0.918. The second-order valence-corrected chi connectivity index (χ2v) is 7.03. The minimum absolute atomic E-state index is 0.0130. The molecular formula is C13H10Br2N2O3S. The number of aromatic carboxylic acids is 1. The van der Waals surface area contributed by atoms with Crippen molar-refractivity contribution in [2.45, 2.75) is 13.3 Å². The first-order valence-electron chi connectivity index (χ1n) is 5.80. The Bertz CT molecular complexity index is 715. The number of carboxylic acid groups (broad SMARTS) is 1. The Labute approximate surface area is 141 Å². The highest BCUT2D eigenvalue weighted by Crippen LogP contribution is 2.31. The molecule has 0 aliphatic heterocycles. The standard InChI is InChI=1S/C13H10Br2N2O3S/c1-6-16-8(5-21-6)4-11(18)17-12-9(13(19)20)2-7(14)3-10(12)15/h2-3,5H,4H2,1H3,(H,17,18)(H,19,20). The maximum absolute atomic E-state index is 12.0. The zero-order valence-corrected chi connectivity index (χ0v) is 14.8. The summed E-state index contributed by atoms with van der Waals surface area (Å²) in [7, 11) is 0. The minimum atomic E-state index is -1.11. The number of nitrogens with one attached hydrogen (secondary N) is 1. The lowest BCUT2D eigenvalue weighted by molar-refractivity contribution is -0.115. The Hall–Kier alpha value is -1.25. The van der Waals surface area contributed by atoms with Crippen molar-refractivity contribution >= 4 is 60.8 Å². The zero-order chi connectivity index (χ0) is 15.6. The summed E-state index contributed by atoms with van der Waals surface area (Å²) in [6, 6.07) is 3.12. The minimum Gasteiger partial charge on any atom is -0.478 e. The van der Waals surface area contributed by atoms with Crippen molar-refractivity contribution in [1.29, 1.82) is 0 Å². The van der Waals surface area contributed by atoms with Gasteiger partial charge in [-0.05, 0) is 35.0 Å². The third kappa shape index (κ3) is 4.12. The van der Waals surface area contributed by atoms with Gasteiger partial charge in [-0.25, -0.2) is 9.78 Å². The maximum Gasteiger partial charge on any atom is 0.337 e. The number of nitrogens with zero attached hydrogens (tertiary/aromatic N) is 1. The first kappa shape index (κ1) is 16.1. The van der Waals surface area contributed by atoms with Crippen LogP contribution in [0.25, 0.3) is 0 Å². The number of carboxylic acids is 1. The largest absolute Gasteiger partial charge is 0.478 e. The summed E-state index contributed by atoms with van der Waals surface area (Å²) >= 11 is 7.95.